The Kier molecular flexibility index (Phi) is 2.13. The van der Waals surface area contributed by atoms with Crippen molar-refractivity contribution < 1.29 is 4.92 Å². The average Bonchev–Trinajstić information content (AvgIpc) is 2.74. The van der Waals surface area contributed by atoms with Crippen LogP contribution in [-0.2, 0) is 5.54 Å². The number of alkyl halides is 1. The minimum atomic E-state index is -0.534. The molecule has 1 aromatic heterocycles. The summed E-state index contributed by atoms with van der Waals surface area (Å²) in [5.74, 6) is 0.975. The molecule has 0 unspecified atom stereocenters. The van der Waals surface area contributed by atoms with Crippen LogP contribution in [0.2, 0.25) is 0 Å². The van der Waals surface area contributed by atoms with Gasteiger partial charge in [-0.25, -0.2) is 0 Å². The fourth-order valence-corrected chi connectivity index (χ4v) is 5.62. The molecule has 1 aromatic rings. The van der Waals surface area contributed by atoms with Crippen LogP contribution in [0.15, 0.2) is 6.33 Å². The smallest absolute Gasteiger partial charge is 0.390 e. The topological polar surface area (TPSA) is 73.8 Å². The van der Waals surface area contributed by atoms with Gasteiger partial charge in [-0.1, -0.05) is 4.98 Å². The predicted octanol–water partition coefficient (Wildman–Crippen LogP) is 2.47. The van der Waals surface area contributed by atoms with Gasteiger partial charge in [0.2, 0.25) is 6.33 Å². The zero-order valence-electron chi connectivity index (χ0n) is 10.5. The summed E-state index contributed by atoms with van der Waals surface area (Å²) < 4.78 is 1.74. The van der Waals surface area contributed by atoms with Gasteiger partial charge < -0.3 is 10.1 Å². The van der Waals surface area contributed by atoms with Crippen LogP contribution in [0.1, 0.15) is 38.5 Å². The van der Waals surface area contributed by atoms with Crippen molar-refractivity contribution in [1.82, 2.24) is 14.8 Å². The highest BCUT2D eigenvalue weighted by molar-refractivity contribution is 6.24. The zero-order valence-corrected chi connectivity index (χ0v) is 11.2. The molecule has 6 nitrogen and oxygen atoms in total. The van der Waals surface area contributed by atoms with E-state index in [4.69, 9.17) is 11.6 Å². The van der Waals surface area contributed by atoms with Gasteiger partial charge in [-0.2, -0.15) is 4.68 Å². The van der Waals surface area contributed by atoms with E-state index in [-0.39, 0.29) is 16.4 Å². The van der Waals surface area contributed by atoms with E-state index in [9.17, 15) is 10.1 Å². The molecule has 102 valence electrons. The van der Waals surface area contributed by atoms with Crippen LogP contribution in [-0.4, -0.2) is 24.6 Å². The number of rotatable bonds is 2. The normalized spacial score (nSPS) is 43.6. The van der Waals surface area contributed by atoms with Gasteiger partial charge in [-0.05, 0) is 55.3 Å². The number of halogens is 1. The Morgan fingerprint density at radius 1 is 1.37 bits per heavy atom. The van der Waals surface area contributed by atoms with E-state index >= 15 is 0 Å². The molecule has 4 fully saturated rings. The van der Waals surface area contributed by atoms with Crippen molar-refractivity contribution in [3.63, 3.8) is 0 Å². The van der Waals surface area contributed by atoms with Crippen LogP contribution < -0.4 is 0 Å². The maximum Gasteiger partial charge on any atom is 0.490 e. The monoisotopic (exact) mass is 282 g/mol. The zero-order chi connectivity index (χ0) is 13.3. The number of hydrogen-bond acceptors (Lipinski definition) is 4. The van der Waals surface area contributed by atoms with Crippen LogP contribution in [0, 0.1) is 22.0 Å². The molecule has 4 aliphatic rings. The van der Waals surface area contributed by atoms with E-state index in [0.29, 0.717) is 11.8 Å². The lowest BCUT2D eigenvalue weighted by molar-refractivity contribution is -0.394. The van der Waals surface area contributed by atoms with Crippen molar-refractivity contribution in [3.8, 4) is 0 Å². The van der Waals surface area contributed by atoms with E-state index in [1.54, 1.807) is 4.68 Å². The van der Waals surface area contributed by atoms with Crippen molar-refractivity contribution in [2.45, 2.75) is 48.9 Å². The summed E-state index contributed by atoms with van der Waals surface area (Å²) >= 11 is 6.74. The summed E-state index contributed by atoms with van der Waals surface area (Å²) in [4.78, 5) is 13.9. The third-order valence-corrected chi connectivity index (χ3v) is 5.53. The Bertz CT molecular complexity index is 544. The first-order valence-corrected chi connectivity index (χ1v) is 7.11. The van der Waals surface area contributed by atoms with Gasteiger partial charge in [-0.3, -0.25) is 0 Å². The van der Waals surface area contributed by atoms with Gasteiger partial charge in [0.15, 0.2) is 0 Å². The summed E-state index contributed by atoms with van der Waals surface area (Å²) in [6.07, 6.45) is 7.90. The Balaban J connectivity index is 1.75. The summed E-state index contributed by atoms with van der Waals surface area (Å²) in [5.41, 5.74) is -0.132. The van der Waals surface area contributed by atoms with Crippen LogP contribution in [0.3, 0.4) is 0 Å². The third-order valence-electron chi connectivity index (χ3n) is 5.09. The van der Waals surface area contributed by atoms with Crippen molar-refractivity contribution in [1.29, 1.82) is 0 Å². The van der Waals surface area contributed by atoms with Crippen LogP contribution in [0.4, 0.5) is 5.95 Å². The molecule has 0 spiro atoms. The van der Waals surface area contributed by atoms with Crippen molar-refractivity contribution in [2.75, 3.05) is 0 Å². The van der Waals surface area contributed by atoms with E-state index in [1.165, 1.54) is 12.7 Å². The van der Waals surface area contributed by atoms with Crippen LogP contribution >= 0.6 is 11.6 Å². The first-order chi connectivity index (χ1) is 8.98. The summed E-state index contributed by atoms with van der Waals surface area (Å²) in [5, 5.41) is 14.8. The van der Waals surface area contributed by atoms with Crippen molar-refractivity contribution in [2.24, 2.45) is 11.8 Å². The van der Waals surface area contributed by atoms with Gasteiger partial charge in [0.25, 0.3) is 0 Å². The lowest BCUT2D eigenvalue weighted by atomic mass is 9.52. The third kappa shape index (κ3) is 1.62. The Labute approximate surface area is 115 Å². The average molecular weight is 283 g/mol. The van der Waals surface area contributed by atoms with E-state index in [1.807, 2.05) is 0 Å². The second-order valence-corrected chi connectivity index (χ2v) is 7.38. The first kappa shape index (κ1) is 11.6. The molecule has 2 atom stereocenters. The lowest BCUT2D eigenvalue weighted by Gasteiger charge is -2.58. The Morgan fingerprint density at radius 2 is 2.05 bits per heavy atom. The highest BCUT2D eigenvalue weighted by Crippen LogP contribution is 2.62. The highest BCUT2D eigenvalue weighted by atomic mass is 35.5. The summed E-state index contributed by atoms with van der Waals surface area (Å²) in [6.45, 7) is 0. The molecule has 4 bridgehead atoms. The SMILES string of the molecule is O=[N+]([O-])c1ncn(C23C[C@H]4C[C@@H](CC(Cl)(C4)C2)C3)n1. The number of aromatic nitrogens is 3. The molecule has 19 heavy (non-hydrogen) atoms. The Morgan fingerprint density at radius 3 is 2.58 bits per heavy atom. The lowest BCUT2D eigenvalue weighted by Crippen LogP contribution is -2.57. The maximum atomic E-state index is 10.7. The van der Waals surface area contributed by atoms with Gasteiger partial charge in [-0.15, -0.1) is 11.6 Å². The second kappa shape index (κ2) is 3.48. The molecule has 0 N–H and O–H groups in total. The molecule has 4 saturated carbocycles. The van der Waals surface area contributed by atoms with E-state index in [2.05, 4.69) is 10.1 Å². The molecule has 5 rings (SSSR count). The van der Waals surface area contributed by atoms with E-state index in [0.717, 1.165) is 32.1 Å². The second-order valence-electron chi connectivity index (χ2n) is 6.58. The molecule has 7 heteroatoms. The largest absolute Gasteiger partial charge is 0.490 e. The molecule has 0 aromatic carbocycles. The molecule has 4 aliphatic carbocycles. The van der Waals surface area contributed by atoms with Crippen molar-refractivity contribution in [3.05, 3.63) is 16.4 Å². The fraction of sp³-hybridized carbons (Fsp3) is 0.833. The van der Waals surface area contributed by atoms with Gasteiger partial charge in [0.1, 0.15) is 0 Å². The first-order valence-electron chi connectivity index (χ1n) is 6.74. The fourth-order valence-electron chi connectivity index (χ4n) is 4.94. The highest BCUT2D eigenvalue weighted by Gasteiger charge is 2.59. The molecule has 0 amide bonds. The van der Waals surface area contributed by atoms with Crippen molar-refractivity contribution >= 4 is 17.5 Å². The molecule has 0 aliphatic heterocycles. The minimum absolute atomic E-state index is 0.120. The molecular weight excluding hydrogens is 268 g/mol. The van der Waals surface area contributed by atoms with E-state index < -0.39 is 4.92 Å². The van der Waals surface area contributed by atoms with Gasteiger partial charge in [0.05, 0.1) is 5.54 Å². The Hall–Kier alpha value is -1.17. The predicted molar refractivity (Wildman–Crippen MR) is 67.9 cm³/mol. The maximum absolute atomic E-state index is 10.7. The van der Waals surface area contributed by atoms with Crippen LogP contribution in [0.25, 0.3) is 0 Å². The standard InChI is InChI=1S/C12H15ClN4O2/c13-11-2-8-1-9(3-11)5-12(4-8,6-11)16-7-14-10(15-16)17(18)19/h7-9H,1-6H2/t8-,9-,11?,12?/m0/s1. The molecule has 1 heterocycles. The number of nitro groups is 1. The molecule has 0 saturated heterocycles. The molecular formula is C12H15ClN4O2. The van der Waals surface area contributed by atoms with Gasteiger partial charge in [0, 0.05) is 9.97 Å². The van der Waals surface area contributed by atoms with Gasteiger partial charge >= 0.3 is 5.95 Å². The quantitative estimate of drug-likeness (QED) is 0.474. The summed E-state index contributed by atoms with van der Waals surface area (Å²) in [7, 11) is 0. The summed E-state index contributed by atoms with van der Waals surface area (Å²) in [6, 6.07) is 0. The number of hydrogen-bond donors (Lipinski definition) is 0. The van der Waals surface area contributed by atoms with Crippen LogP contribution in [0.5, 0.6) is 0 Å². The minimum Gasteiger partial charge on any atom is -0.390 e. The number of nitrogens with zero attached hydrogens (tertiary/aromatic N) is 4. The molecule has 0 radical (unpaired) electrons.